The molecule has 0 saturated carbocycles. The molecule has 1 atom stereocenters. The number of ketones is 1. The van der Waals surface area contributed by atoms with Gasteiger partial charge in [0.2, 0.25) is 0 Å². The third kappa shape index (κ3) is 5.41. The predicted octanol–water partition coefficient (Wildman–Crippen LogP) is 5.14. The number of rotatable bonds is 5. The lowest BCUT2D eigenvalue weighted by Gasteiger charge is -2.39. The maximum atomic E-state index is 13.0. The second kappa shape index (κ2) is 9.00. The summed E-state index contributed by atoms with van der Waals surface area (Å²) in [4.78, 5) is 17.0. The summed E-state index contributed by atoms with van der Waals surface area (Å²) in [6.45, 7) is 5.57. The Hall–Kier alpha value is -1.69. The first kappa shape index (κ1) is 20.1. The van der Waals surface area contributed by atoms with Gasteiger partial charge in [0.25, 0.3) is 0 Å². The van der Waals surface area contributed by atoms with E-state index in [9.17, 15) is 9.18 Å². The lowest BCUT2D eigenvalue weighted by molar-refractivity contribution is 0.102. The Morgan fingerprint density at radius 1 is 1.26 bits per heavy atom. The number of carbonyl (C=O) groups excluding carboxylic acids is 1. The summed E-state index contributed by atoms with van der Waals surface area (Å²) < 4.78 is 13.7. The minimum absolute atomic E-state index is 0.0560. The average molecular weight is 452 g/mol. The van der Waals surface area contributed by atoms with Gasteiger partial charge in [0.1, 0.15) is 5.82 Å². The Morgan fingerprint density at radius 2 is 2.00 bits per heavy atom. The first-order chi connectivity index (χ1) is 12.9. The second-order valence-electron chi connectivity index (χ2n) is 6.75. The second-order valence-corrected chi connectivity index (χ2v) is 8.04. The van der Waals surface area contributed by atoms with Gasteiger partial charge in [0.05, 0.1) is 0 Å². The van der Waals surface area contributed by atoms with Gasteiger partial charge in [-0.25, -0.2) is 4.39 Å². The maximum absolute atomic E-state index is 13.0. The molecule has 0 N–H and O–H groups in total. The van der Waals surface area contributed by atoms with E-state index < -0.39 is 0 Å². The lowest BCUT2D eigenvalue weighted by Crippen LogP contribution is -2.49. The number of hydrogen-bond acceptors (Lipinski definition) is 3. The average Bonchev–Trinajstić information content (AvgIpc) is 2.63. The van der Waals surface area contributed by atoms with E-state index >= 15 is 0 Å². The molecule has 0 bridgehead atoms. The minimum atomic E-state index is -0.209. The van der Waals surface area contributed by atoms with Crippen molar-refractivity contribution in [2.75, 3.05) is 19.6 Å². The molecule has 2 aromatic rings. The van der Waals surface area contributed by atoms with Crippen molar-refractivity contribution >= 4 is 33.3 Å². The summed E-state index contributed by atoms with van der Waals surface area (Å²) in [6.07, 6.45) is 3.49. The maximum Gasteiger partial charge on any atom is 0.188 e. The number of nitrogens with zero attached hydrogens (tertiary/aromatic N) is 2. The van der Waals surface area contributed by atoms with E-state index in [0.717, 1.165) is 31.7 Å². The van der Waals surface area contributed by atoms with E-state index in [4.69, 9.17) is 11.6 Å². The zero-order valence-electron chi connectivity index (χ0n) is 15.0. The van der Waals surface area contributed by atoms with Crippen LogP contribution in [0.1, 0.15) is 22.8 Å². The standard InChI is InChI=1S/C21H21BrClFN2O/c1-15-13-25(14-16-2-5-18(24)6-3-16)10-11-26(15)9-8-21(27)19-7-4-17(23)12-20(19)22/h2-9,12,15H,10-11,13-14H2,1H3/t15-/m1/s1. The highest BCUT2D eigenvalue weighted by Crippen LogP contribution is 2.22. The number of hydrogen-bond donors (Lipinski definition) is 0. The molecular formula is C21H21BrClFN2O. The van der Waals surface area contributed by atoms with Gasteiger partial charge in [-0.3, -0.25) is 9.69 Å². The molecule has 27 heavy (non-hydrogen) atoms. The van der Waals surface area contributed by atoms with Crippen LogP contribution in [0.25, 0.3) is 0 Å². The fourth-order valence-corrected chi connectivity index (χ4v) is 4.08. The molecule has 0 radical (unpaired) electrons. The van der Waals surface area contributed by atoms with E-state index in [-0.39, 0.29) is 17.6 Å². The van der Waals surface area contributed by atoms with Crippen LogP contribution in [0.5, 0.6) is 0 Å². The van der Waals surface area contributed by atoms with Crippen molar-refractivity contribution in [1.82, 2.24) is 9.80 Å². The van der Waals surface area contributed by atoms with Crippen LogP contribution < -0.4 is 0 Å². The minimum Gasteiger partial charge on any atom is -0.372 e. The number of allylic oxidation sites excluding steroid dienone is 1. The third-order valence-electron chi connectivity index (χ3n) is 4.70. The number of carbonyl (C=O) groups is 1. The van der Waals surface area contributed by atoms with E-state index in [0.29, 0.717) is 15.1 Å². The quantitative estimate of drug-likeness (QED) is 0.464. The van der Waals surface area contributed by atoms with Crippen molar-refractivity contribution in [2.24, 2.45) is 0 Å². The topological polar surface area (TPSA) is 23.6 Å². The van der Waals surface area contributed by atoms with Crippen molar-refractivity contribution < 1.29 is 9.18 Å². The van der Waals surface area contributed by atoms with E-state index in [1.165, 1.54) is 12.1 Å². The van der Waals surface area contributed by atoms with Gasteiger partial charge in [-0.05, 0) is 58.7 Å². The molecule has 6 heteroatoms. The SMILES string of the molecule is C[C@@H]1CN(Cc2ccc(F)cc2)CCN1C=CC(=O)c1ccc(Cl)cc1Br. The number of halogens is 3. The fourth-order valence-electron chi connectivity index (χ4n) is 3.20. The molecule has 1 fully saturated rings. The van der Waals surface area contributed by atoms with Gasteiger partial charge >= 0.3 is 0 Å². The summed E-state index contributed by atoms with van der Waals surface area (Å²) in [7, 11) is 0. The Morgan fingerprint density at radius 3 is 2.67 bits per heavy atom. The van der Waals surface area contributed by atoms with Crippen molar-refractivity contribution in [2.45, 2.75) is 19.5 Å². The van der Waals surface area contributed by atoms with Crippen LogP contribution in [0.3, 0.4) is 0 Å². The summed E-state index contributed by atoms with van der Waals surface area (Å²) in [6, 6.07) is 12.1. The van der Waals surface area contributed by atoms with Gasteiger partial charge < -0.3 is 4.90 Å². The largest absolute Gasteiger partial charge is 0.372 e. The first-order valence-electron chi connectivity index (χ1n) is 8.82. The lowest BCUT2D eigenvalue weighted by atomic mass is 10.1. The molecule has 1 heterocycles. The highest BCUT2D eigenvalue weighted by atomic mass is 79.9. The highest BCUT2D eigenvalue weighted by Gasteiger charge is 2.21. The molecule has 1 aliphatic heterocycles. The van der Waals surface area contributed by atoms with Gasteiger partial charge in [0.15, 0.2) is 5.78 Å². The molecule has 3 rings (SSSR count). The van der Waals surface area contributed by atoms with Gasteiger partial charge in [-0.2, -0.15) is 0 Å². The van der Waals surface area contributed by atoms with Crippen LogP contribution in [0, 0.1) is 5.82 Å². The van der Waals surface area contributed by atoms with Crippen LogP contribution in [0.15, 0.2) is 59.2 Å². The van der Waals surface area contributed by atoms with Crippen LogP contribution in [0.4, 0.5) is 4.39 Å². The van der Waals surface area contributed by atoms with Crippen LogP contribution in [-0.2, 0) is 6.54 Å². The number of piperazine rings is 1. The molecule has 2 aromatic carbocycles. The monoisotopic (exact) mass is 450 g/mol. The van der Waals surface area contributed by atoms with Crippen molar-refractivity contribution in [1.29, 1.82) is 0 Å². The van der Waals surface area contributed by atoms with Crippen LogP contribution in [0.2, 0.25) is 5.02 Å². The molecule has 0 amide bonds. The zero-order chi connectivity index (χ0) is 19.4. The summed E-state index contributed by atoms with van der Waals surface area (Å²) in [5.74, 6) is -0.265. The van der Waals surface area contributed by atoms with Crippen molar-refractivity contribution in [3.05, 3.63) is 81.2 Å². The molecule has 1 aliphatic rings. The molecule has 0 spiro atoms. The Labute approximate surface area is 172 Å². The molecule has 142 valence electrons. The Balaban J connectivity index is 1.57. The van der Waals surface area contributed by atoms with E-state index in [2.05, 4.69) is 32.7 Å². The first-order valence-corrected chi connectivity index (χ1v) is 9.99. The normalized spacial score (nSPS) is 18.2. The highest BCUT2D eigenvalue weighted by molar-refractivity contribution is 9.10. The third-order valence-corrected chi connectivity index (χ3v) is 5.59. The van der Waals surface area contributed by atoms with Crippen LogP contribution >= 0.6 is 27.5 Å². The van der Waals surface area contributed by atoms with Crippen molar-refractivity contribution in [3.8, 4) is 0 Å². The fraction of sp³-hybridized carbons (Fsp3) is 0.286. The molecule has 0 unspecified atom stereocenters. The van der Waals surface area contributed by atoms with E-state index in [1.807, 2.05) is 18.3 Å². The summed E-state index contributed by atoms with van der Waals surface area (Å²) in [5, 5.41) is 0.591. The summed E-state index contributed by atoms with van der Waals surface area (Å²) >= 11 is 9.31. The molecule has 0 aliphatic carbocycles. The van der Waals surface area contributed by atoms with Crippen molar-refractivity contribution in [3.63, 3.8) is 0 Å². The van der Waals surface area contributed by atoms with Gasteiger partial charge in [-0.15, -0.1) is 0 Å². The zero-order valence-corrected chi connectivity index (χ0v) is 17.4. The molecule has 0 aromatic heterocycles. The van der Waals surface area contributed by atoms with E-state index in [1.54, 1.807) is 24.3 Å². The van der Waals surface area contributed by atoms with Gasteiger partial charge in [0, 0.05) is 59.6 Å². The number of benzene rings is 2. The predicted molar refractivity (Wildman–Crippen MR) is 110 cm³/mol. The molecule has 3 nitrogen and oxygen atoms in total. The molecule has 1 saturated heterocycles. The Bertz CT molecular complexity index is 841. The smallest absolute Gasteiger partial charge is 0.188 e. The Kier molecular flexibility index (Phi) is 6.68. The summed E-state index contributed by atoms with van der Waals surface area (Å²) in [5.41, 5.74) is 1.70. The molecular weight excluding hydrogens is 431 g/mol. The van der Waals surface area contributed by atoms with Crippen LogP contribution in [-0.4, -0.2) is 41.3 Å². The van der Waals surface area contributed by atoms with Gasteiger partial charge in [-0.1, -0.05) is 23.7 Å².